The van der Waals surface area contributed by atoms with Crippen molar-refractivity contribution in [2.45, 2.75) is 26.3 Å². The SMILES string of the molecule is COC(=O)c1ccc([C@H]2/C(=C(\O)c3c(C)nc4c(C)cccn34)C(=O)C(=O)N2CCCN(C)C)cc1. The number of nitrogens with zero attached hydrogens (tertiary/aromatic N) is 4. The van der Waals surface area contributed by atoms with E-state index in [1.807, 2.05) is 38.1 Å². The Hall–Kier alpha value is -3.98. The van der Waals surface area contributed by atoms with E-state index in [-0.39, 0.29) is 11.3 Å². The lowest BCUT2D eigenvalue weighted by Crippen LogP contribution is -2.32. The number of esters is 1. The van der Waals surface area contributed by atoms with Gasteiger partial charge in [0.25, 0.3) is 11.7 Å². The molecule has 1 aromatic carbocycles. The van der Waals surface area contributed by atoms with Crippen molar-refractivity contribution in [3.8, 4) is 0 Å². The molecule has 1 atom stereocenters. The minimum atomic E-state index is -0.811. The molecule has 0 bridgehead atoms. The number of rotatable bonds is 7. The number of aromatic nitrogens is 2. The lowest BCUT2D eigenvalue weighted by molar-refractivity contribution is -0.139. The minimum absolute atomic E-state index is 0.00192. The molecule has 2 aromatic heterocycles. The third kappa shape index (κ3) is 4.37. The summed E-state index contributed by atoms with van der Waals surface area (Å²) in [4.78, 5) is 46.5. The summed E-state index contributed by atoms with van der Waals surface area (Å²) in [7, 11) is 5.18. The summed E-state index contributed by atoms with van der Waals surface area (Å²) in [6.45, 7) is 4.73. The number of aliphatic hydroxyl groups is 1. The molecule has 0 aliphatic carbocycles. The van der Waals surface area contributed by atoms with Gasteiger partial charge < -0.3 is 19.6 Å². The number of aryl methyl sites for hydroxylation is 2. The number of methoxy groups -OCH3 is 1. The standard InChI is InChI=1S/C27H30N4O5/c1-16-8-6-14-30-21(17(2)28-25(16)30)23(32)20-22(18-9-11-19(12-10-18)27(35)36-5)31(26(34)24(20)33)15-7-13-29(3)4/h6,8-12,14,22,32H,7,13,15H2,1-5H3/b23-20+/t22-/m0/s1. The Bertz CT molecular complexity index is 1370. The van der Waals surface area contributed by atoms with E-state index in [1.165, 1.54) is 12.0 Å². The van der Waals surface area contributed by atoms with Crippen LogP contribution in [0.4, 0.5) is 0 Å². The molecule has 3 aromatic rings. The predicted molar refractivity (Wildman–Crippen MR) is 135 cm³/mol. The highest BCUT2D eigenvalue weighted by Gasteiger charge is 2.46. The van der Waals surface area contributed by atoms with Crippen molar-refractivity contribution in [1.29, 1.82) is 0 Å². The maximum absolute atomic E-state index is 13.3. The molecule has 1 fully saturated rings. The largest absolute Gasteiger partial charge is 0.505 e. The van der Waals surface area contributed by atoms with E-state index in [9.17, 15) is 19.5 Å². The summed E-state index contributed by atoms with van der Waals surface area (Å²) in [5.41, 5.74) is 3.45. The van der Waals surface area contributed by atoms with E-state index in [0.717, 1.165) is 12.1 Å². The Kier molecular flexibility index (Phi) is 6.94. The van der Waals surface area contributed by atoms with Crippen molar-refractivity contribution in [3.63, 3.8) is 0 Å². The van der Waals surface area contributed by atoms with Gasteiger partial charge >= 0.3 is 5.97 Å². The van der Waals surface area contributed by atoms with Crippen LogP contribution in [-0.4, -0.2) is 76.2 Å². The van der Waals surface area contributed by atoms with Crippen LogP contribution >= 0.6 is 0 Å². The van der Waals surface area contributed by atoms with Crippen LogP contribution in [-0.2, 0) is 14.3 Å². The lowest BCUT2D eigenvalue weighted by Gasteiger charge is -2.26. The smallest absolute Gasteiger partial charge is 0.337 e. The summed E-state index contributed by atoms with van der Waals surface area (Å²) >= 11 is 0. The number of carbonyl (C=O) groups excluding carboxylic acids is 3. The van der Waals surface area contributed by atoms with Crippen molar-refractivity contribution in [1.82, 2.24) is 19.2 Å². The second-order valence-corrected chi connectivity index (χ2v) is 9.19. The van der Waals surface area contributed by atoms with Gasteiger partial charge in [0.2, 0.25) is 0 Å². The first-order valence-electron chi connectivity index (χ1n) is 11.7. The second kappa shape index (κ2) is 9.94. The molecular weight excluding hydrogens is 460 g/mol. The molecule has 0 spiro atoms. The van der Waals surface area contributed by atoms with E-state index in [4.69, 9.17) is 4.74 Å². The third-order valence-electron chi connectivity index (χ3n) is 6.44. The van der Waals surface area contributed by atoms with Crippen LogP contribution < -0.4 is 0 Å². The highest BCUT2D eigenvalue weighted by Crippen LogP contribution is 2.40. The Labute approximate surface area is 209 Å². The van der Waals surface area contributed by atoms with Gasteiger partial charge in [-0.05, 0) is 70.2 Å². The summed E-state index contributed by atoms with van der Waals surface area (Å²) in [5, 5.41) is 11.5. The monoisotopic (exact) mass is 490 g/mol. The molecular formula is C27H30N4O5. The van der Waals surface area contributed by atoms with Gasteiger partial charge in [0.1, 0.15) is 11.3 Å². The van der Waals surface area contributed by atoms with Gasteiger partial charge in [-0.25, -0.2) is 9.78 Å². The summed E-state index contributed by atoms with van der Waals surface area (Å²) in [6.07, 6.45) is 2.41. The lowest BCUT2D eigenvalue weighted by atomic mass is 9.95. The molecule has 1 aliphatic heterocycles. The quantitative estimate of drug-likeness (QED) is 0.235. The number of likely N-dealkylation sites (tertiary alicyclic amines) is 1. The van der Waals surface area contributed by atoms with Crippen LogP contribution in [0.2, 0.25) is 0 Å². The molecule has 188 valence electrons. The molecule has 36 heavy (non-hydrogen) atoms. The molecule has 9 heteroatoms. The number of carbonyl (C=O) groups is 3. The molecule has 0 unspecified atom stereocenters. The van der Waals surface area contributed by atoms with Crippen molar-refractivity contribution in [3.05, 3.63) is 76.2 Å². The summed E-state index contributed by atoms with van der Waals surface area (Å²) < 4.78 is 6.52. The second-order valence-electron chi connectivity index (χ2n) is 9.19. The van der Waals surface area contributed by atoms with Crippen LogP contribution in [0.3, 0.4) is 0 Å². The number of Topliss-reactive ketones (excluding diaryl/α,β-unsaturated/α-hetero) is 1. The number of hydrogen-bond acceptors (Lipinski definition) is 7. The summed E-state index contributed by atoms with van der Waals surface area (Å²) in [6, 6.07) is 9.48. The van der Waals surface area contributed by atoms with Gasteiger partial charge in [-0.15, -0.1) is 0 Å². The predicted octanol–water partition coefficient (Wildman–Crippen LogP) is 3.11. The Morgan fingerprint density at radius 2 is 1.83 bits per heavy atom. The van der Waals surface area contributed by atoms with Crippen LogP contribution in [0.15, 0.2) is 48.2 Å². The molecule has 0 radical (unpaired) electrons. The summed E-state index contributed by atoms with van der Waals surface area (Å²) in [5.74, 6) is -2.18. The molecule has 1 aliphatic rings. The van der Waals surface area contributed by atoms with Gasteiger partial charge in [-0.2, -0.15) is 0 Å². The molecule has 1 N–H and O–H groups in total. The van der Waals surface area contributed by atoms with Crippen LogP contribution in [0.1, 0.15) is 45.3 Å². The van der Waals surface area contributed by atoms with E-state index in [0.29, 0.717) is 41.1 Å². The Balaban J connectivity index is 1.88. The fourth-order valence-corrected chi connectivity index (χ4v) is 4.66. The number of hydrogen-bond donors (Lipinski definition) is 1. The van der Waals surface area contributed by atoms with E-state index in [2.05, 4.69) is 4.98 Å². The van der Waals surface area contributed by atoms with Gasteiger partial charge in [0, 0.05) is 12.7 Å². The average molecular weight is 491 g/mol. The molecule has 1 amide bonds. The minimum Gasteiger partial charge on any atom is -0.505 e. The molecule has 0 saturated carbocycles. The highest BCUT2D eigenvalue weighted by atomic mass is 16.5. The fourth-order valence-electron chi connectivity index (χ4n) is 4.66. The number of ether oxygens (including phenoxy) is 1. The maximum atomic E-state index is 13.3. The fraction of sp³-hybridized carbons (Fsp3) is 0.333. The zero-order valence-corrected chi connectivity index (χ0v) is 21.1. The van der Waals surface area contributed by atoms with Crippen LogP contribution in [0.5, 0.6) is 0 Å². The number of imidazole rings is 1. The average Bonchev–Trinajstić information content (AvgIpc) is 3.32. The van der Waals surface area contributed by atoms with Crippen LogP contribution in [0.25, 0.3) is 11.4 Å². The van der Waals surface area contributed by atoms with Crippen molar-refractivity contribution in [2.24, 2.45) is 0 Å². The first-order valence-corrected chi connectivity index (χ1v) is 11.7. The van der Waals surface area contributed by atoms with E-state index in [1.54, 1.807) is 41.8 Å². The number of ketones is 1. The topological polar surface area (TPSA) is 104 Å². The Morgan fingerprint density at radius 1 is 1.14 bits per heavy atom. The first-order chi connectivity index (χ1) is 17.1. The third-order valence-corrected chi connectivity index (χ3v) is 6.44. The number of pyridine rings is 1. The number of fused-ring (bicyclic) bond motifs is 1. The Morgan fingerprint density at radius 3 is 2.47 bits per heavy atom. The van der Waals surface area contributed by atoms with Crippen LogP contribution in [0, 0.1) is 13.8 Å². The van der Waals surface area contributed by atoms with Gasteiger partial charge in [-0.1, -0.05) is 18.2 Å². The molecule has 4 rings (SSSR count). The maximum Gasteiger partial charge on any atom is 0.337 e. The molecule has 1 saturated heterocycles. The number of aliphatic hydroxyl groups excluding tert-OH is 1. The molecule has 9 nitrogen and oxygen atoms in total. The molecule has 3 heterocycles. The van der Waals surface area contributed by atoms with E-state index >= 15 is 0 Å². The van der Waals surface area contributed by atoms with Gasteiger partial charge in [0.15, 0.2) is 5.76 Å². The number of benzene rings is 1. The van der Waals surface area contributed by atoms with Crippen molar-refractivity contribution < 1.29 is 24.2 Å². The zero-order chi connectivity index (χ0) is 26.1. The first kappa shape index (κ1) is 25.1. The number of amides is 1. The van der Waals surface area contributed by atoms with Crippen molar-refractivity contribution in [2.75, 3.05) is 34.3 Å². The van der Waals surface area contributed by atoms with E-state index < -0.39 is 23.7 Å². The van der Waals surface area contributed by atoms with Crippen molar-refractivity contribution >= 4 is 29.1 Å². The van der Waals surface area contributed by atoms with Gasteiger partial charge in [-0.3, -0.25) is 14.0 Å². The normalized spacial score (nSPS) is 17.4. The van der Waals surface area contributed by atoms with Gasteiger partial charge in [0.05, 0.1) is 30.0 Å². The highest BCUT2D eigenvalue weighted by molar-refractivity contribution is 6.46. The zero-order valence-electron chi connectivity index (χ0n) is 21.1.